The Kier molecular flexibility index (Phi) is 5.26. The predicted octanol–water partition coefficient (Wildman–Crippen LogP) is 5.30. The van der Waals surface area contributed by atoms with Gasteiger partial charge in [0, 0.05) is 17.6 Å². The molecule has 0 atom stereocenters. The first kappa shape index (κ1) is 13.9. The van der Waals surface area contributed by atoms with Crippen molar-refractivity contribution in [3.05, 3.63) is 53.9 Å². The average molecular weight is 255 g/mol. The van der Waals surface area contributed by atoms with Gasteiger partial charge in [-0.05, 0) is 44.0 Å². The number of rotatable bonds is 7. The molecular weight excluding hydrogens is 230 g/mol. The zero-order valence-electron chi connectivity index (χ0n) is 12.2. The van der Waals surface area contributed by atoms with Crippen LogP contribution in [0.2, 0.25) is 0 Å². The molecule has 0 N–H and O–H groups in total. The summed E-state index contributed by atoms with van der Waals surface area (Å²) in [4.78, 5) is 0. The van der Waals surface area contributed by atoms with Crippen LogP contribution >= 0.6 is 0 Å². The summed E-state index contributed by atoms with van der Waals surface area (Å²) in [6.07, 6.45) is 10.1. The highest BCUT2D eigenvalue weighted by Crippen LogP contribution is 2.16. The molecule has 2 aromatic rings. The fraction of sp³-hybridized carbons (Fsp3) is 0.444. The summed E-state index contributed by atoms with van der Waals surface area (Å²) in [7, 11) is 0. The van der Waals surface area contributed by atoms with Crippen LogP contribution in [0.1, 0.15) is 50.3 Å². The molecule has 2 rings (SSSR count). The number of benzene rings is 1. The molecule has 0 bridgehead atoms. The Morgan fingerprint density at radius 1 is 0.895 bits per heavy atom. The molecule has 0 amide bonds. The summed E-state index contributed by atoms with van der Waals surface area (Å²) < 4.78 is 2.32. The van der Waals surface area contributed by atoms with Gasteiger partial charge in [-0.2, -0.15) is 0 Å². The van der Waals surface area contributed by atoms with Gasteiger partial charge in [0.25, 0.3) is 0 Å². The Morgan fingerprint density at radius 3 is 2.37 bits per heavy atom. The lowest BCUT2D eigenvalue weighted by molar-refractivity contribution is 0.625. The normalized spacial score (nSPS) is 10.8. The maximum atomic E-state index is 2.32. The fourth-order valence-electron chi connectivity index (χ4n) is 2.49. The summed E-state index contributed by atoms with van der Waals surface area (Å²) in [6.45, 7) is 4.40. The van der Waals surface area contributed by atoms with Crippen molar-refractivity contribution in [1.29, 1.82) is 0 Å². The summed E-state index contributed by atoms with van der Waals surface area (Å²) in [5.74, 6) is 0. The van der Waals surface area contributed by atoms with Gasteiger partial charge < -0.3 is 4.57 Å². The van der Waals surface area contributed by atoms with Crippen molar-refractivity contribution in [2.24, 2.45) is 0 Å². The van der Waals surface area contributed by atoms with Gasteiger partial charge in [0.15, 0.2) is 0 Å². The van der Waals surface area contributed by atoms with Crippen LogP contribution < -0.4 is 0 Å². The van der Waals surface area contributed by atoms with E-state index in [0.29, 0.717) is 0 Å². The highest BCUT2D eigenvalue weighted by atomic mass is 15.0. The third kappa shape index (κ3) is 3.99. The van der Waals surface area contributed by atoms with Gasteiger partial charge in [-0.15, -0.1) is 0 Å². The van der Waals surface area contributed by atoms with Gasteiger partial charge >= 0.3 is 0 Å². The van der Waals surface area contributed by atoms with Crippen molar-refractivity contribution in [3.63, 3.8) is 0 Å². The zero-order valence-corrected chi connectivity index (χ0v) is 12.2. The largest absolute Gasteiger partial charge is 0.321 e. The molecule has 0 radical (unpaired) electrons. The van der Waals surface area contributed by atoms with Gasteiger partial charge in [0.05, 0.1) is 0 Å². The highest BCUT2D eigenvalue weighted by Gasteiger charge is 2.02. The smallest absolute Gasteiger partial charge is 0.0452 e. The molecule has 1 heteroatoms. The van der Waals surface area contributed by atoms with Gasteiger partial charge in [0.2, 0.25) is 0 Å². The van der Waals surface area contributed by atoms with E-state index in [2.05, 4.69) is 61.0 Å². The van der Waals surface area contributed by atoms with E-state index in [-0.39, 0.29) is 0 Å². The number of hydrogen-bond donors (Lipinski definition) is 0. The average Bonchev–Trinajstić information content (AvgIpc) is 2.88. The first-order valence-corrected chi connectivity index (χ1v) is 7.54. The van der Waals surface area contributed by atoms with Crippen LogP contribution in [0.25, 0.3) is 5.69 Å². The third-order valence-electron chi connectivity index (χ3n) is 3.68. The maximum absolute atomic E-state index is 2.32. The van der Waals surface area contributed by atoms with E-state index in [4.69, 9.17) is 0 Å². The van der Waals surface area contributed by atoms with E-state index in [1.165, 1.54) is 55.5 Å². The summed E-state index contributed by atoms with van der Waals surface area (Å²) >= 11 is 0. The first-order valence-electron chi connectivity index (χ1n) is 7.54. The second-order valence-electron chi connectivity index (χ2n) is 5.37. The van der Waals surface area contributed by atoms with Crippen LogP contribution in [0.5, 0.6) is 0 Å². The van der Waals surface area contributed by atoms with E-state index >= 15 is 0 Å². The molecule has 1 aromatic heterocycles. The Hall–Kier alpha value is -1.50. The van der Waals surface area contributed by atoms with Crippen molar-refractivity contribution < 1.29 is 0 Å². The quantitative estimate of drug-likeness (QED) is 0.592. The Morgan fingerprint density at radius 2 is 1.63 bits per heavy atom. The lowest BCUT2D eigenvalue weighted by atomic mass is 10.1. The van der Waals surface area contributed by atoms with Crippen LogP contribution in [-0.2, 0) is 6.42 Å². The van der Waals surface area contributed by atoms with Gasteiger partial charge in [-0.25, -0.2) is 0 Å². The number of hydrogen-bond acceptors (Lipinski definition) is 0. The van der Waals surface area contributed by atoms with E-state index < -0.39 is 0 Å². The fourth-order valence-corrected chi connectivity index (χ4v) is 2.49. The van der Waals surface area contributed by atoms with E-state index in [0.717, 1.165) is 0 Å². The highest BCUT2D eigenvalue weighted by molar-refractivity contribution is 5.37. The third-order valence-corrected chi connectivity index (χ3v) is 3.68. The second kappa shape index (κ2) is 7.18. The first-order chi connectivity index (χ1) is 9.31. The molecule has 19 heavy (non-hydrogen) atoms. The monoisotopic (exact) mass is 255 g/mol. The minimum atomic E-state index is 1.19. The van der Waals surface area contributed by atoms with E-state index in [1.807, 2.05) is 0 Å². The van der Waals surface area contributed by atoms with Gasteiger partial charge in [0.1, 0.15) is 0 Å². The minimum Gasteiger partial charge on any atom is -0.321 e. The summed E-state index contributed by atoms with van der Waals surface area (Å²) in [5.41, 5.74) is 4.02. The molecule has 102 valence electrons. The molecule has 0 saturated carbocycles. The second-order valence-corrected chi connectivity index (χ2v) is 5.37. The Labute approximate surface area is 117 Å². The molecule has 0 spiro atoms. The summed E-state index contributed by atoms with van der Waals surface area (Å²) in [6, 6.07) is 13.2. The minimum absolute atomic E-state index is 1.19. The van der Waals surface area contributed by atoms with Crippen LogP contribution in [0.15, 0.2) is 42.6 Å². The van der Waals surface area contributed by atoms with Crippen molar-refractivity contribution >= 4 is 0 Å². The van der Waals surface area contributed by atoms with Crippen molar-refractivity contribution in [3.8, 4) is 5.69 Å². The Bertz CT molecular complexity index is 479. The molecule has 0 aliphatic heterocycles. The Balaban J connectivity index is 1.96. The molecule has 0 aliphatic carbocycles. The molecule has 1 nitrogen and oxygen atoms in total. The molecular formula is C18H25N. The summed E-state index contributed by atoms with van der Waals surface area (Å²) in [5, 5.41) is 0. The van der Waals surface area contributed by atoms with E-state index in [1.54, 1.807) is 0 Å². The SMILES string of the molecule is CCCCCCCc1cccn1-c1ccc(C)cc1. The number of unbranched alkanes of at least 4 members (excludes halogenated alkanes) is 4. The molecule has 1 aromatic carbocycles. The molecule has 0 aliphatic rings. The number of aromatic nitrogens is 1. The van der Waals surface area contributed by atoms with Crippen LogP contribution in [0.4, 0.5) is 0 Å². The van der Waals surface area contributed by atoms with Crippen molar-refractivity contribution in [2.75, 3.05) is 0 Å². The zero-order chi connectivity index (χ0) is 13.5. The predicted molar refractivity (Wildman–Crippen MR) is 83.0 cm³/mol. The van der Waals surface area contributed by atoms with Crippen LogP contribution in [0, 0.1) is 6.92 Å². The van der Waals surface area contributed by atoms with Crippen molar-refractivity contribution in [2.45, 2.75) is 52.4 Å². The van der Waals surface area contributed by atoms with E-state index in [9.17, 15) is 0 Å². The molecule has 0 saturated heterocycles. The molecule has 0 fully saturated rings. The van der Waals surface area contributed by atoms with Crippen molar-refractivity contribution in [1.82, 2.24) is 4.57 Å². The standard InChI is InChI=1S/C18H25N/c1-3-4-5-6-7-9-17-10-8-15-19(17)18-13-11-16(2)12-14-18/h8,10-15H,3-7,9H2,1-2H3. The lowest BCUT2D eigenvalue weighted by Crippen LogP contribution is -1.99. The van der Waals surface area contributed by atoms with Gasteiger partial charge in [-0.3, -0.25) is 0 Å². The maximum Gasteiger partial charge on any atom is 0.0452 e. The lowest BCUT2D eigenvalue weighted by Gasteiger charge is -2.09. The molecule has 1 heterocycles. The number of aryl methyl sites for hydroxylation is 2. The van der Waals surface area contributed by atoms with Gasteiger partial charge in [-0.1, -0.05) is 50.3 Å². The van der Waals surface area contributed by atoms with Crippen LogP contribution in [-0.4, -0.2) is 4.57 Å². The topological polar surface area (TPSA) is 4.93 Å². The molecule has 0 unspecified atom stereocenters. The van der Waals surface area contributed by atoms with Crippen LogP contribution in [0.3, 0.4) is 0 Å². The number of nitrogens with zero attached hydrogens (tertiary/aromatic N) is 1.